The lowest BCUT2D eigenvalue weighted by atomic mass is 10.0. The van der Waals surface area contributed by atoms with Crippen molar-refractivity contribution in [3.63, 3.8) is 0 Å². The number of nitrogens with two attached hydrogens (primary N) is 2. The molecule has 0 saturated carbocycles. The maximum atomic E-state index is 12.9. The molecule has 7 N–H and O–H groups in total. The van der Waals surface area contributed by atoms with Crippen molar-refractivity contribution >= 4 is 28.8 Å². The molecular formula is C22H33N5O4. The van der Waals surface area contributed by atoms with Gasteiger partial charge in [0.05, 0.1) is 0 Å². The number of aromatic amines is 1. The zero-order valence-corrected chi connectivity index (χ0v) is 18.4. The topological polar surface area (TPSA) is 152 Å². The van der Waals surface area contributed by atoms with Gasteiger partial charge in [-0.2, -0.15) is 0 Å². The number of primary amides is 1. The summed E-state index contributed by atoms with van der Waals surface area (Å²) < 4.78 is 5.26. The standard InChI is InChI=1S/C22H33N5O4/c1-22(2,3)31-21(30)27-17(10-6-7-11-23)20(29)26-18(19(24)28)12-14-13-25-16-9-5-4-8-15(14)16/h4-5,8-9,13,17-18,25H,6-7,10-12,23H2,1-3H3,(H2,24,28)(H,26,29)(H,27,30)/t17-,18-/m0/s1. The van der Waals surface area contributed by atoms with Gasteiger partial charge in [-0.25, -0.2) is 4.79 Å². The second-order valence-electron chi connectivity index (χ2n) is 8.51. The molecule has 0 aliphatic rings. The lowest BCUT2D eigenvalue weighted by Crippen LogP contribution is -2.54. The van der Waals surface area contributed by atoms with E-state index in [2.05, 4.69) is 15.6 Å². The van der Waals surface area contributed by atoms with E-state index in [1.165, 1.54) is 0 Å². The Balaban J connectivity index is 2.11. The first-order chi connectivity index (χ1) is 14.6. The average molecular weight is 432 g/mol. The molecule has 0 bridgehead atoms. The number of carbonyl (C=O) groups is 3. The Labute approximate surface area is 182 Å². The number of hydrogen-bond acceptors (Lipinski definition) is 5. The molecule has 1 heterocycles. The number of amides is 3. The quantitative estimate of drug-likeness (QED) is 0.363. The van der Waals surface area contributed by atoms with Gasteiger partial charge in [-0.3, -0.25) is 9.59 Å². The molecule has 9 heteroatoms. The van der Waals surface area contributed by atoms with Crippen molar-refractivity contribution in [3.8, 4) is 0 Å². The maximum Gasteiger partial charge on any atom is 0.408 e. The minimum absolute atomic E-state index is 0.229. The maximum absolute atomic E-state index is 12.9. The molecule has 0 saturated heterocycles. The van der Waals surface area contributed by atoms with E-state index >= 15 is 0 Å². The Hall–Kier alpha value is -3.07. The van der Waals surface area contributed by atoms with Crippen molar-refractivity contribution in [1.29, 1.82) is 0 Å². The second-order valence-corrected chi connectivity index (χ2v) is 8.51. The number of carbonyl (C=O) groups excluding carboxylic acids is 3. The van der Waals surface area contributed by atoms with Gasteiger partial charge in [-0.1, -0.05) is 18.2 Å². The van der Waals surface area contributed by atoms with Gasteiger partial charge in [-0.05, 0) is 58.2 Å². The van der Waals surface area contributed by atoms with E-state index in [9.17, 15) is 14.4 Å². The smallest absolute Gasteiger partial charge is 0.408 e. The summed E-state index contributed by atoms with van der Waals surface area (Å²) >= 11 is 0. The number of aromatic nitrogens is 1. The summed E-state index contributed by atoms with van der Waals surface area (Å²) in [7, 11) is 0. The molecule has 9 nitrogen and oxygen atoms in total. The van der Waals surface area contributed by atoms with Crippen LogP contribution in [0.4, 0.5) is 4.79 Å². The van der Waals surface area contributed by atoms with E-state index in [4.69, 9.17) is 16.2 Å². The second kappa shape index (κ2) is 10.8. The monoisotopic (exact) mass is 431 g/mol. The lowest BCUT2D eigenvalue weighted by Gasteiger charge is -2.24. The molecule has 31 heavy (non-hydrogen) atoms. The van der Waals surface area contributed by atoms with Crippen LogP contribution in [0.5, 0.6) is 0 Å². The van der Waals surface area contributed by atoms with Gasteiger partial charge in [0.2, 0.25) is 11.8 Å². The molecule has 2 atom stereocenters. The molecule has 1 aromatic heterocycles. The van der Waals surface area contributed by atoms with Crippen molar-refractivity contribution in [2.24, 2.45) is 11.5 Å². The van der Waals surface area contributed by atoms with Crippen molar-refractivity contribution in [1.82, 2.24) is 15.6 Å². The zero-order chi connectivity index (χ0) is 23.0. The van der Waals surface area contributed by atoms with E-state index in [-0.39, 0.29) is 6.42 Å². The Morgan fingerprint density at radius 1 is 1.10 bits per heavy atom. The van der Waals surface area contributed by atoms with Gasteiger partial charge < -0.3 is 31.8 Å². The highest BCUT2D eigenvalue weighted by Gasteiger charge is 2.28. The molecule has 2 aromatic rings. The third kappa shape index (κ3) is 7.60. The summed E-state index contributed by atoms with van der Waals surface area (Å²) in [5.74, 6) is -1.15. The predicted octanol–water partition coefficient (Wildman–Crippen LogP) is 1.70. The Kier molecular flexibility index (Phi) is 8.44. The van der Waals surface area contributed by atoms with Crippen molar-refractivity contribution in [2.75, 3.05) is 6.54 Å². The molecule has 0 unspecified atom stereocenters. The van der Waals surface area contributed by atoms with Crippen LogP contribution in [0.2, 0.25) is 0 Å². The van der Waals surface area contributed by atoms with Crippen LogP contribution in [0.15, 0.2) is 30.5 Å². The molecule has 0 spiro atoms. The summed E-state index contributed by atoms with van der Waals surface area (Å²) in [6.45, 7) is 5.69. The summed E-state index contributed by atoms with van der Waals surface area (Å²) in [5.41, 5.74) is 12.2. The van der Waals surface area contributed by atoms with Crippen molar-refractivity contribution < 1.29 is 19.1 Å². The van der Waals surface area contributed by atoms with Gasteiger partial charge in [0.1, 0.15) is 17.7 Å². The molecule has 2 rings (SSSR count). The minimum Gasteiger partial charge on any atom is -0.444 e. The Morgan fingerprint density at radius 3 is 2.45 bits per heavy atom. The van der Waals surface area contributed by atoms with E-state index in [0.29, 0.717) is 25.8 Å². The molecule has 0 radical (unpaired) electrons. The highest BCUT2D eigenvalue weighted by Crippen LogP contribution is 2.19. The first-order valence-electron chi connectivity index (χ1n) is 10.4. The van der Waals surface area contributed by atoms with Gasteiger partial charge in [0, 0.05) is 23.5 Å². The fourth-order valence-electron chi connectivity index (χ4n) is 3.23. The first-order valence-corrected chi connectivity index (χ1v) is 10.4. The summed E-state index contributed by atoms with van der Waals surface area (Å²) in [4.78, 5) is 40.3. The number of ether oxygens (including phenoxy) is 1. The third-order valence-electron chi connectivity index (χ3n) is 4.71. The van der Waals surface area contributed by atoms with E-state index in [1.807, 2.05) is 24.3 Å². The fourth-order valence-corrected chi connectivity index (χ4v) is 3.23. The zero-order valence-electron chi connectivity index (χ0n) is 18.4. The number of H-pyrrole nitrogens is 1. The Morgan fingerprint density at radius 2 is 1.81 bits per heavy atom. The molecule has 170 valence electrons. The van der Waals surface area contributed by atoms with Crippen LogP contribution in [0.25, 0.3) is 10.9 Å². The van der Waals surface area contributed by atoms with Crippen LogP contribution in [0, 0.1) is 0 Å². The molecule has 0 fully saturated rings. The SMILES string of the molecule is CC(C)(C)OC(=O)N[C@@H](CCCCN)C(=O)N[C@@H](Cc1c[nH]c2ccccc12)C(N)=O. The van der Waals surface area contributed by atoms with Crippen LogP contribution in [0.3, 0.4) is 0 Å². The van der Waals surface area contributed by atoms with Crippen molar-refractivity contribution in [2.45, 2.75) is 64.1 Å². The van der Waals surface area contributed by atoms with Crippen LogP contribution in [-0.4, -0.2) is 47.1 Å². The molecular weight excluding hydrogens is 398 g/mol. The molecule has 0 aliphatic carbocycles. The molecule has 1 aromatic carbocycles. The normalized spacial score (nSPS) is 13.4. The molecule has 0 aliphatic heterocycles. The summed E-state index contributed by atoms with van der Waals surface area (Å²) in [6, 6.07) is 5.87. The number of unbranched alkanes of at least 4 members (excludes halogenated alkanes) is 1. The average Bonchev–Trinajstić information content (AvgIpc) is 3.08. The van der Waals surface area contributed by atoms with Gasteiger partial charge in [0.25, 0.3) is 0 Å². The summed E-state index contributed by atoms with van der Waals surface area (Å²) in [5, 5.41) is 6.23. The van der Waals surface area contributed by atoms with Crippen LogP contribution in [0.1, 0.15) is 45.6 Å². The largest absolute Gasteiger partial charge is 0.444 e. The van der Waals surface area contributed by atoms with Crippen LogP contribution < -0.4 is 22.1 Å². The predicted molar refractivity (Wildman–Crippen MR) is 119 cm³/mol. The molecule has 3 amide bonds. The van der Waals surface area contributed by atoms with Gasteiger partial charge in [0.15, 0.2) is 0 Å². The van der Waals surface area contributed by atoms with Gasteiger partial charge in [-0.15, -0.1) is 0 Å². The highest BCUT2D eigenvalue weighted by molar-refractivity contribution is 5.91. The number of fused-ring (bicyclic) bond motifs is 1. The first kappa shape index (κ1) is 24.2. The minimum atomic E-state index is -0.927. The highest BCUT2D eigenvalue weighted by atomic mass is 16.6. The number of hydrogen-bond donors (Lipinski definition) is 5. The number of para-hydroxylation sites is 1. The Bertz CT molecular complexity index is 903. The van der Waals surface area contributed by atoms with Crippen molar-refractivity contribution in [3.05, 3.63) is 36.0 Å². The van der Waals surface area contributed by atoms with Gasteiger partial charge >= 0.3 is 6.09 Å². The third-order valence-corrected chi connectivity index (χ3v) is 4.71. The number of nitrogens with one attached hydrogen (secondary N) is 3. The lowest BCUT2D eigenvalue weighted by molar-refractivity contribution is -0.128. The van der Waals surface area contributed by atoms with Crippen LogP contribution in [-0.2, 0) is 20.7 Å². The number of benzene rings is 1. The number of alkyl carbamates (subject to hydrolysis) is 1. The number of rotatable bonds is 10. The van der Waals surface area contributed by atoms with Crippen LogP contribution >= 0.6 is 0 Å². The fraction of sp³-hybridized carbons (Fsp3) is 0.500. The van der Waals surface area contributed by atoms with E-state index in [0.717, 1.165) is 16.5 Å². The van der Waals surface area contributed by atoms with E-state index < -0.39 is 35.6 Å². The van der Waals surface area contributed by atoms with E-state index in [1.54, 1.807) is 27.0 Å². The summed E-state index contributed by atoms with van der Waals surface area (Å²) in [6.07, 6.45) is 3.02.